The SMILES string of the molecule is COc1ccc(Sc2ccc(NC(=O)CCc3cccnc3)cc2)cc1. The van der Waals surface area contributed by atoms with Gasteiger partial charge in [-0.05, 0) is 66.6 Å². The van der Waals surface area contributed by atoms with E-state index in [2.05, 4.69) is 10.3 Å². The highest BCUT2D eigenvalue weighted by Crippen LogP contribution is 2.29. The Bertz CT molecular complexity index is 834. The smallest absolute Gasteiger partial charge is 0.224 e. The molecule has 2 aromatic carbocycles. The molecule has 26 heavy (non-hydrogen) atoms. The maximum Gasteiger partial charge on any atom is 0.224 e. The minimum atomic E-state index is 0.00408. The molecule has 0 spiro atoms. The number of benzene rings is 2. The standard InChI is InChI=1S/C21H20N2O2S/c1-25-18-7-11-20(12-8-18)26-19-9-5-17(6-10-19)23-21(24)13-4-16-3-2-14-22-15-16/h2-3,5-12,14-15H,4,13H2,1H3,(H,23,24). The number of ether oxygens (including phenoxy) is 1. The number of methoxy groups -OCH3 is 1. The zero-order valence-corrected chi connectivity index (χ0v) is 15.3. The summed E-state index contributed by atoms with van der Waals surface area (Å²) < 4.78 is 5.17. The number of rotatable bonds is 7. The Kier molecular flexibility index (Phi) is 6.28. The van der Waals surface area contributed by atoms with Crippen LogP contribution in [0, 0.1) is 0 Å². The van der Waals surface area contributed by atoms with E-state index in [4.69, 9.17) is 4.74 Å². The second-order valence-corrected chi connectivity index (χ2v) is 6.86. The molecule has 132 valence electrons. The number of nitrogens with one attached hydrogen (secondary N) is 1. The highest BCUT2D eigenvalue weighted by molar-refractivity contribution is 7.99. The Morgan fingerprint density at radius 2 is 1.73 bits per heavy atom. The van der Waals surface area contributed by atoms with E-state index in [1.165, 1.54) is 0 Å². The van der Waals surface area contributed by atoms with Crippen molar-refractivity contribution in [3.05, 3.63) is 78.6 Å². The molecule has 0 atom stereocenters. The molecule has 1 N–H and O–H groups in total. The first-order valence-electron chi connectivity index (χ1n) is 8.34. The van der Waals surface area contributed by atoms with Crippen molar-refractivity contribution >= 4 is 23.4 Å². The molecular weight excluding hydrogens is 344 g/mol. The fourth-order valence-corrected chi connectivity index (χ4v) is 3.23. The lowest BCUT2D eigenvalue weighted by molar-refractivity contribution is -0.116. The summed E-state index contributed by atoms with van der Waals surface area (Å²) in [5.74, 6) is 0.850. The molecule has 0 bridgehead atoms. The van der Waals surface area contributed by atoms with Crippen molar-refractivity contribution in [2.75, 3.05) is 12.4 Å². The van der Waals surface area contributed by atoms with E-state index in [0.29, 0.717) is 12.8 Å². The average molecular weight is 364 g/mol. The lowest BCUT2D eigenvalue weighted by atomic mass is 10.1. The number of pyridine rings is 1. The van der Waals surface area contributed by atoms with Gasteiger partial charge in [-0.25, -0.2) is 0 Å². The van der Waals surface area contributed by atoms with Gasteiger partial charge in [-0.3, -0.25) is 9.78 Å². The van der Waals surface area contributed by atoms with Crippen molar-refractivity contribution in [3.63, 3.8) is 0 Å². The first-order valence-corrected chi connectivity index (χ1v) is 9.15. The van der Waals surface area contributed by atoms with Gasteiger partial charge in [0.05, 0.1) is 7.11 Å². The van der Waals surface area contributed by atoms with Crippen LogP contribution in [0.15, 0.2) is 82.8 Å². The fraction of sp³-hybridized carbons (Fsp3) is 0.143. The molecule has 0 aliphatic rings. The van der Waals surface area contributed by atoms with Crippen LogP contribution >= 0.6 is 11.8 Å². The summed E-state index contributed by atoms with van der Waals surface area (Å²) in [6, 6.07) is 19.7. The molecule has 3 aromatic rings. The summed E-state index contributed by atoms with van der Waals surface area (Å²) >= 11 is 1.67. The van der Waals surface area contributed by atoms with Crippen molar-refractivity contribution in [3.8, 4) is 5.75 Å². The fourth-order valence-electron chi connectivity index (χ4n) is 2.41. The molecule has 0 saturated heterocycles. The Labute approximate surface area is 157 Å². The zero-order valence-electron chi connectivity index (χ0n) is 14.5. The number of hydrogen-bond donors (Lipinski definition) is 1. The van der Waals surface area contributed by atoms with Crippen molar-refractivity contribution in [1.29, 1.82) is 0 Å². The second-order valence-electron chi connectivity index (χ2n) is 5.71. The van der Waals surface area contributed by atoms with Crippen LogP contribution in [0.3, 0.4) is 0 Å². The van der Waals surface area contributed by atoms with Gasteiger partial charge >= 0.3 is 0 Å². The minimum absolute atomic E-state index is 0.00408. The van der Waals surface area contributed by atoms with Crippen LogP contribution in [-0.4, -0.2) is 18.0 Å². The molecule has 0 fully saturated rings. The highest BCUT2D eigenvalue weighted by Gasteiger charge is 2.04. The largest absolute Gasteiger partial charge is 0.497 e. The summed E-state index contributed by atoms with van der Waals surface area (Å²) in [7, 11) is 1.66. The number of aromatic nitrogens is 1. The van der Waals surface area contributed by atoms with Crippen LogP contribution in [-0.2, 0) is 11.2 Å². The molecule has 0 aliphatic heterocycles. The summed E-state index contributed by atoms with van der Waals surface area (Å²) in [6.45, 7) is 0. The third kappa shape index (κ3) is 5.36. The van der Waals surface area contributed by atoms with E-state index < -0.39 is 0 Å². The van der Waals surface area contributed by atoms with Crippen LogP contribution in [0.5, 0.6) is 5.75 Å². The second kappa shape index (κ2) is 9.06. The van der Waals surface area contributed by atoms with E-state index in [-0.39, 0.29) is 5.91 Å². The summed E-state index contributed by atoms with van der Waals surface area (Å²) in [4.78, 5) is 18.4. The maximum absolute atomic E-state index is 12.1. The Morgan fingerprint density at radius 1 is 1.04 bits per heavy atom. The van der Waals surface area contributed by atoms with E-state index in [0.717, 1.165) is 26.8 Å². The van der Waals surface area contributed by atoms with Gasteiger partial charge in [0.15, 0.2) is 0 Å². The van der Waals surface area contributed by atoms with Gasteiger partial charge in [0, 0.05) is 34.3 Å². The van der Waals surface area contributed by atoms with E-state index in [1.54, 1.807) is 31.3 Å². The molecule has 1 aromatic heterocycles. The predicted molar refractivity (Wildman–Crippen MR) is 105 cm³/mol. The van der Waals surface area contributed by atoms with Gasteiger partial charge in [-0.2, -0.15) is 0 Å². The third-order valence-corrected chi connectivity index (χ3v) is 4.81. The molecule has 1 amide bonds. The van der Waals surface area contributed by atoms with Crippen molar-refractivity contribution < 1.29 is 9.53 Å². The van der Waals surface area contributed by atoms with Crippen molar-refractivity contribution in [1.82, 2.24) is 4.98 Å². The van der Waals surface area contributed by atoms with Gasteiger partial charge < -0.3 is 10.1 Å². The van der Waals surface area contributed by atoms with E-state index in [1.807, 2.05) is 60.7 Å². The van der Waals surface area contributed by atoms with Gasteiger partial charge in [-0.1, -0.05) is 17.8 Å². The van der Waals surface area contributed by atoms with E-state index >= 15 is 0 Å². The number of carbonyl (C=O) groups is 1. The lowest BCUT2D eigenvalue weighted by Crippen LogP contribution is -2.12. The highest BCUT2D eigenvalue weighted by atomic mass is 32.2. The zero-order chi connectivity index (χ0) is 18.2. The van der Waals surface area contributed by atoms with Gasteiger partial charge in [0.1, 0.15) is 5.75 Å². The number of hydrogen-bond acceptors (Lipinski definition) is 4. The van der Waals surface area contributed by atoms with Crippen LogP contribution in [0.1, 0.15) is 12.0 Å². The number of anilines is 1. The maximum atomic E-state index is 12.1. The monoisotopic (exact) mass is 364 g/mol. The molecule has 0 unspecified atom stereocenters. The Balaban J connectivity index is 1.51. The average Bonchev–Trinajstić information content (AvgIpc) is 2.69. The molecule has 1 heterocycles. The first kappa shape index (κ1) is 18.0. The molecule has 0 radical (unpaired) electrons. The number of amides is 1. The first-order chi connectivity index (χ1) is 12.7. The molecule has 0 saturated carbocycles. The number of aryl methyl sites for hydroxylation is 1. The van der Waals surface area contributed by atoms with Gasteiger partial charge in [-0.15, -0.1) is 0 Å². The summed E-state index contributed by atoms with van der Waals surface area (Å²) in [5, 5.41) is 2.93. The Morgan fingerprint density at radius 3 is 2.35 bits per heavy atom. The van der Waals surface area contributed by atoms with Crippen LogP contribution < -0.4 is 10.1 Å². The molecule has 4 nitrogen and oxygen atoms in total. The lowest BCUT2D eigenvalue weighted by Gasteiger charge is -2.07. The van der Waals surface area contributed by atoms with Gasteiger partial charge in [0.2, 0.25) is 5.91 Å². The van der Waals surface area contributed by atoms with Crippen molar-refractivity contribution in [2.45, 2.75) is 22.6 Å². The summed E-state index contributed by atoms with van der Waals surface area (Å²) in [6.07, 6.45) is 4.65. The molecule has 0 aliphatic carbocycles. The topological polar surface area (TPSA) is 51.2 Å². The van der Waals surface area contributed by atoms with Crippen molar-refractivity contribution in [2.24, 2.45) is 0 Å². The van der Waals surface area contributed by atoms with Crippen LogP contribution in [0.2, 0.25) is 0 Å². The minimum Gasteiger partial charge on any atom is -0.497 e. The van der Waals surface area contributed by atoms with Crippen LogP contribution in [0.25, 0.3) is 0 Å². The predicted octanol–water partition coefficient (Wildman–Crippen LogP) is 4.81. The van der Waals surface area contributed by atoms with Crippen LogP contribution in [0.4, 0.5) is 5.69 Å². The van der Waals surface area contributed by atoms with E-state index in [9.17, 15) is 4.79 Å². The number of carbonyl (C=O) groups excluding carboxylic acids is 1. The third-order valence-electron chi connectivity index (χ3n) is 3.80. The Hall–Kier alpha value is -2.79. The molecular formula is C21H20N2O2S. The quantitative estimate of drug-likeness (QED) is 0.653. The molecule has 5 heteroatoms. The molecule has 3 rings (SSSR count). The summed E-state index contributed by atoms with van der Waals surface area (Å²) in [5.41, 5.74) is 1.87. The normalized spacial score (nSPS) is 10.3. The number of nitrogens with zero attached hydrogens (tertiary/aromatic N) is 1. The van der Waals surface area contributed by atoms with Gasteiger partial charge in [0.25, 0.3) is 0 Å².